The highest BCUT2D eigenvalue weighted by molar-refractivity contribution is 7.91. The maximum atomic E-state index is 12.1. The summed E-state index contributed by atoms with van der Waals surface area (Å²) in [6.07, 6.45) is 1.15. The van der Waals surface area contributed by atoms with Crippen molar-refractivity contribution >= 4 is 15.7 Å². The summed E-state index contributed by atoms with van der Waals surface area (Å²) in [7, 11) is -1.13. The summed E-state index contributed by atoms with van der Waals surface area (Å²) < 4.78 is 25.2. The number of carbonyl (C=O) groups is 1. The molecule has 0 aliphatic carbocycles. The first-order valence-corrected chi connectivity index (χ1v) is 9.92. The number of hydrogen-bond donors (Lipinski definition) is 0. The lowest BCUT2D eigenvalue weighted by molar-refractivity contribution is -0.131. The van der Waals surface area contributed by atoms with Gasteiger partial charge in [0.05, 0.1) is 23.2 Å². The number of hydrogen-bond acceptors (Lipinski definition) is 4. The highest BCUT2D eigenvalue weighted by atomic mass is 32.2. The van der Waals surface area contributed by atoms with E-state index in [4.69, 9.17) is 0 Å². The third-order valence-electron chi connectivity index (χ3n) is 4.43. The SMILES string of the molecule is Cc1nn([C@@H]2CCS(=O)(=O)C2)c(C)c1CN(C)C(=O)CC(C)C. The van der Waals surface area contributed by atoms with Gasteiger partial charge in [-0.2, -0.15) is 5.10 Å². The van der Waals surface area contributed by atoms with Crippen LogP contribution in [-0.4, -0.2) is 47.6 Å². The Morgan fingerprint density at radius 3 is 2.57 bits per heavy atom. The second kappa shape index (κ2) is 6.63. The van der Waals surface area contributed by atoms with E-state index in [1.54, 1.807) is 11.9 Å². The predicted molar refractivity (Wildman–Crippen MR) is 89.9 cm³/mol. The van der Waals surface area contributed by atoms with Crippen molar-refractivity contribution in [2.45, 2.75) is 53.1 Å². The monoisotopic (exact) mass is 341 g/mol. The fourth-order valence-corrected chi connectivity index (χ4v) is 4.77. The Kier molecular flexibility index (Phi) is 5.18. The largest absolute Gasteiger partial charge is 0.341 e. The van der Waals surface area contributed by atoms with Gasteiger partial charge < -0.3 is 4.90 Å². The lowest BCUT2D eigenvalue weighted by Gasteiger charge is -2.19. The van der Waals surface area contributed by atoms with E-state index in [1.165, 1.54) is 0 Å². The van der Waals surface area contributed by atoms with Crippen LogP contribution in [0.25, 0.3) is 0 Å². The number of aromatic nitrogens is 2. The summed E-state index contributed by atoms with van der Waals surface area (Å²) in [5, 5.41) is 4.55. The van der Waals surface area contributed by atoms with Gasteiger partial charge in [0.2, 0.25) is 5.91 Å². The molecule has 0 radical (unpaired) electrons. The predicted octanol–water partition coefficient (Wildman–Crippen LogP) is 1.86. The third-order valence-corrected chi connectivity index (χ3v) is 6.18. The van der Waals surface area contributed by atoms with Gasteiger partial charge in [0.1, 0.15) is 0 Å². The number of nitrogens with zero attached hydrogens (tertiary/aromatic N) is 3. The van der Waals surface area contributed by atoms with Gasteiger partial charge in [-0.1, -0.05) is 13.8 Å². The van der Waals surface area contributed by atoms with Crippen LogP contribution in [0.3, 0.4) is 0 Å². The molecule has 7 heteroatoms. The molecular weight excluding hydrogens is 314 g/mol. The lowest BCUT2D eigenvalue weighted by atomic mass is 10.1. The van der Waals surface area contributed by atoms with Crippen LogP contribution in [0, 0.1) is 19.8 Å². The molecular formula is C16H27N3O3S. The highest BCUT2D eigenvalue weighted by Crippen LogP contribution is 2.27. The van der Waals surface area contributed by atoms with E-state index in [0.717, 1.165) is 17.0 Å². The molecule has 1 saturated heterocycles. The summed E-state index contributed by atoms with van der Waals surface area (Å²) in [6, 6.07) is -0.0795. The molecule has 130 valence electrons. The molecule has 1 fully saturated rings. The van der Waals surface area contributed by atoms with Gasteiger partial charge in [0.15, 0.2) is 9.84 Å². The van der Waals surface area contributed by atoms with Crippen LogP contribution in [0.2, 0.25) is 0 Å². The van der Waals surface area contributed by atoms with Gasteiger partial charge >= 0.3 is 0 Å². The molecule has 1 atom stereocenters. The molecule has 0 aromatic carbocycles. The zero-order chi connectivity index (χ0) is 17.4. The quantitative estimate of drug-likeness (QED) is 0.819. The van der Waals surface area contributed by atoms with Crippen LogP contribution >= 0.6 is 0 Å². The molecule has 0 saturated carbocycles. The number of amides is 1. The maximum absolute atomic E-state index is 12.1. The molecule has 2 heterocycles. The second-order valence-electron chi connectivity index (χ2n) is 7.00. The van der Waals surface area contributed by atoms with Gasteiger partial charge in [-0.05, 0) is 26.2 Å². The molecule has 1 aromatic heterocycles. The molecule has 0 N–H and O–H groups in total. The molecule has 0 spiro atoms. The molecule has 2 rings (SSSR count). The van der Waals surface area contributed by atoms with E-state index in [9.17, 15) is 13.2 Å². The first-order chi connectivity index (χ1) is 10.6. The van der Waals surface area contributed by atoms with E-state index in [1.807, 2.05) is 32.4 Å². The Morgan fingerprint density at radius 1 is 1.39 bits per heavy atom. The minimum Gasteiger partial charge on any atom is -0.341 e. The number of sulfone groups is 1. The first kappa shape index (κ1) is 18.0. The fraction of sp³-hybridized carbons (Fsp3) is 0.750. The van der Waals surface area contributed by atoms with E-state index in [-0.39, 0.29) is 23.5 Å². The first-order valence-electron chi connectivity index (χ1n) is 8.09. The number of aryl methyl sites for hydroxylation is 1. The molecule has 6 nitrogen and oxygen atoms in total. The van der Waals surface area contributed by atoms with Gasteiger partial charge in [-0.3, -0.25) is 9.48 Å². The Hall–Kier alpha value is -1.37. The summed E-state index contributed by atoms with van der Waals surface area (Å²) >= 11 is 0. The van der Waals surface area contributed by atoms with E-state index >= 15 is 0 Å². The van der Waals surface area contributed by atoms with Crippen LogP contribution in [0.1, 0.15) is 49.7 Å². The molecule has 1 aliphatic rings. The normalized spacial score (nSPS) is 20.2. The summed E-state index contributed by atoms with van der Waals surface area (Å²) in [5.74, 6) is 0.850. The van der Waals surface area contributed by atoms with Crippen molar-refractivity contribution in [1.29, 1.82) is 0 Å². The average molecular weight is 341 g/mol. The van der Waals surface area contributed by atoms with E-state index in [2.05, 4.69) is 5.10 Å². The molecule has 1 amide bonds. The van der Waals surface area contributed by atoms with Gasteiger partial charge in [0.25, 0.3) is 0 Å². The van der Waals surface area contributed by atoms with Gasteiger partial charge in [-0.15, -0.1) is 0 Å². The molecule has 1 aromatic rings. The van der Waals surface area contributed by atoms with E-state index < -0.39 is 9.84 Å². The van der Waals surface area contributed by atoms with Crippen LogP contribution in [0.4, 0.5) is 0 Å². The van der Waals surface area contributed by atoms with Crippen molar-refractivity contribution < 1.29 is 13.2 Å². The zero-order valence-corrected chi connectivity index (χ0v) is 15.5. The molecule has 1 aliphatic heterocycles. The van der Waals surface area contributed by atoms with Crippen LogP contribution < -0.4 is 0 Å². The minimum atomic E-state index is -2.94. The fourth-order valence-electron chi connectivity index (χ4n) is 3.08. The highest BCUT2D eigenvalue weighted by Gasteiger charge is 2.31. The summed E-state index contributed by atoms with van der Waals surface area (Å²) in [6.45, 7) is 8.45. The van der Waals surface area contributed by atoms with Crippen molar-refractivity contribution in [3.8, 4) is 0 Å². The Morgan fingerprint density at radius 2 is 2.04 bits per heavy atom. The van der Waals surface area contributed by atoms with Crippen LogP contribution in [-0.2, 0) is 21.2 Å². The standard InChI is InChI=1S/C16H27N3O3S/c1-11(2)8-16(20)18(5)9-15-12(3)17-19(13(15)4)14-6-7-23(21,22)10-14/h11,14H,6-10H2,1-5H3/t14-/m1/s1. The van der Waals surface area contributed by atoms with Crippen molar-refractivity contribution in [2.24, 2.45) is 5.92 Å². The van der Waals surface area contributed by atoms with Gasteiger partial charge in [0, 0.05) is 31.3 Å². The Labute approximate surface area is 138 Å². The maximum Gasteiger partial charge on any atom is 0.222 e. The lowest BCUT2D eigenvalue weighted by Crippen LogP contribution is -2.27. The van der Waals surface area contributed by atoms with Crippen molar-refractivity contribution in [3.05, 3.63) is 17.0 Å². The van der Waals surface area contributed by atoms with Crippen molar-refractivity contribution in [3.63, 3.8) is 0 Å². The topological polar surface area (TPSA) is 72.3 Å². The Balaban J connectivity index is 2.17. The smallest absolute Gasteiger partial charge is 0.222 e. The molecule has 0 unspecified atom stereocenters. The molecule has 23 heavy (non-hydrogen) atoms. The van der Waals surface area contributed by atoms with Gasteiger partial charge in [-0.25, -0.2) is 8.42 Å². The van der Waals surface area contributed by atoms with Crippen molar-refractivity contribution in [1.82, 2.24) is 14.7 Å². The van der Waals surface area contributed by atoms with E-state index in [0.29, 0.717) is 25.3 Å². The second-order valence-corrected chi connectivity index (χ2v) is 9.23. The minimum absolute atomic E-state index is 0.0795. The number of carbonyl (C=O) groups excluding carboxylic acids is 1. The Bertz CT molecular complexity index is 692. The third kappa shape index (κ3) is 4.13. The molecule has 0 bridgehead atoms. The summed E-state index contributed by atoms with van der Waals surface area (Å²) in [4.78, 5) is 13.9. The average Bonchev–Trinajstić information content (AvgIpc) is 2.91. The van der Waals surface area contributed by atoms with Crippen LogP contribution in [0.5, 0.6) is 0 Å². The van der Waals surface area contributed by atoms with Crippen LogP contribution in [0.15, 0.2) is 0 Å². The number of rotatable bonds is 5. The summed E-state index contributed by atoms with van der Waals surface area (Å²) in [5.41, 5.74) is 2.86. The van der Waals surface area contributed by atoms with Crippen molar-refractivity contribution in [2.75, 3.05) is 18.6 Å². The zero-order valence-electron chi connectivity index (χ0n) is 14.7.